The highest BCUT2D eigenvalue weighted by molar-refractivity contribution is 7.93. The minimum absolute atomic E-state index is 0. The number of thiazole rings is 2. The summed E-state index contributed by atoms with van der Waals surface area (Å²) in [6.45, 7) is 10.4. The highest BCUT2D eigenvalue weighted by atomic mass is 35.5. The van der Waals surface area contributed by atoms with Crippen LogP contribution in [-0.2, 0) is 14.6 Å². The quantitative estimate of drug-likeness (QED) is 0.133. The Bertz CT molecular complexity index is 3010. The number of aromatic nitrogens is 6. The van der Waals surface area contributed by atoms with Gasteiger partial charge in [0.2, 0.25) is 14.2 Å². The molecule has 0 aliphatic carbocycles. The van der Waals surface area contributed by atoms with Crippen molar-refractivity contribution in [3.63, 3.8) is 0 Å². The van der Waals surface area contributed by atoms with Gasteiger partial charge >= 0.3 is 0 Å². The van der Waals surface area contributed by atoms with E-state index in [1.54, 1.807) is 18.2 Å². The molecule has 0 atom stereocenters. The van der Waals surface area contributed by atoms with Gasteiger partial charge in [-0.1, -0.05) is 127 Å². The van der Waals surface area contributed by atoms with Crippen molar-refractivity contribution >= 4 is 98.9 Å². The van der Waals surface area contributed by atoms with Gasteiger partial charge in [0.05, 0.1) is 27.2 Å². The molecule has 0 saturated carbocycles. The SMILES string of the molecule is C.C.CC(=O)O.CCS(=O)(=O)c1nc2ncn(-c3c(C)cccc3Cl)c(=O)c2s1.Cc1ccc(N)cc1.Cc1ccc(Nc2nc3ncn(-c4c(C)cccc4Cl)c(=O)c3s2)cc1. The summed E-state index contributed by atoms with van der Waals surface area (Å²) in [4.78, 5) is 51.5. The van der Waals surface area contributed by atoms with Gasteiger partial charge in [-0.25, -0.2) is 23.4 Å². The summed E-state index contributed by atoms with van der Waals surface area (Å²) in [6.07, 6.45) is 2.80. The molecule has 332 valence electrons. The molecule has 0 amide bonds. The predicted molar refractivity (Wildman–Crippen MR) is 260 cm³/mol. The molecule has 0 bridgehead atoms. The molecule has 0 unspecified atom stereocenters. The first-order valence-corrected chi connectivity index (χ1v) is 22.3. The van der Waals surface area contributed by atoms with E-state index < -0.39 is 15.8 Å². The van der Waals surface area contributed by atoms with Crippen molar-refractivity contribution in [1.29, 1.82) is 0 Å². The minimum Gasteiger partial charge on any atom is -0.481 e. The van der Waals surface area contributed by atoms with Crippen LogP contribution in [0.15, 0.2) is 112 Å². The Morgan fingerprint density at radius 3 is 1.59 bits per heavy atom. The summed E-state index contributed by atoms with van der Waals surface area (Å²) in [7, 11) is -3.48. The highest BCUT2D eigenvalue weighted by Gasteiger charge is 2.21. The van der Waals surface area contributed by atoms with Crippen molar-refractivity contribution in [3.8, 4) is 11.4 Å². The zero-order valence-electron chi connectivity index (χ0n) is 33.7. The maximum Gasteiger partial charge on any atom is 0.300 e. The molecule has 4 aromatic heterocycles. The van der Waals surface area contributed by atoms with Crippen LogP contribution in [0.5, 0.6) is 0 Å². The van der Waals surface area contributed by atoms with Crippen LogP contribution in [-0.4, -0.2) is 54.3 Å². The van der Waals surface area contributed by atoms with E-state index in [-0.39, 0.29) is 46.4 Å². The third kappa shape index (κ3) is 12.8. The van der Waals surface area contributed by atoms with Gasteiger partial charge in [-0.15, -0.1) is 0 Å². The largest absolute Gasteiger partial charge is 0.481 e. The van der Waals surface area contributed by atoms with Crippen LogP contribution in [0.25, 0.3) is 32.1 Å². The van der Waals surface area contributed by atoms with Gasteiger partial charge in [0.25, 0.3) is 17.1 Å². The standard InChI is InChI=1S/C19H15ClN4OS.C14H12ClN3O3S2.C7H9N.C2H4O2.2CH4/c1-11-6-8-13(9-7-11)22-19-23-17-16(26-19)18(25)24(10-21-17)15-12(2)4-3-5-14(15)20;1-3-23(20,21)14-17-12-11(22-14)13(19)18(7-16-12)10-8(2)5-4-6-9(10)15;1-6-2-4-7(8)5-3-6;1-2(3)4;;/h3-10H,1-2H3,(H,22,23);4-7H,3H2,1-2H3;2-5H,8H2,1H3;1H3,(H,3,4);2*1H4. The second-order valence-electron chi connectivity index (χ2n) is 13.3. The van der Waals surface area contributed by atoms with E-state index in [9.17, 15) is 18.0 Å². The lowest BCUT2D eigenvalue weighted by atomic mass is 10.2. The second-order valence-corrected chi connectivity index (χ2v) is 18.5. The van der Waals surface area contributed by atoms with E-state index in [4.69, 9.17) is 38.8 Å². The summed E-state index contributed by atoms with van der Waals surface area (Å²) in [5.41, 5.74) is 12.5. The average Bonchev–Trinajstić information content (AvgIpc) is 3.85. The number of nitrogens with one attached hydrogen (secondary N) is 1. The minimum atomic E-state index is -3.48. The third-order valence-electron chi connectivity index (χ3n) is 8.50. The Labute approximate surface area is 383 Å². The third-order valence-corrected chi connectivity index (χ3v) is 13.3. The second kappa shape index (κ2) is 22.4. The molecule has 0 saturated heterocycles. The number of benzene rings is 4. The van der Waals surface area contributed by atoms with Crippen LogP contribution >= 0.6 is 45.9 Å². The van der Waals surface area contributed by atoms with E-state index in [0.29, 0.717) is 36.9 Å². The molecule has 0 aliphatic rings. The Balaban J connectivity index is 0.000000261. The number of carboxylic acids is 1. The van der Waals surface area contributed by atoms with Gasteiger partial charge in [-0.3, -0.25) is 23.5 Å². The van der Waals surface area contributed by atoms with Gasteiger partial charge in [0, 0.05) is 18.3 Å². The summed E-state index contributed by atoms with van der Waals surface area (Å²) in [5, 5.41) is 12.2. The number of aryl methyl sites for hydroxylation is 4. The maximum absolute atomic E-state index is 13.0. The molecule has 0 spiro atoms. The number of nitrogen functional groups attached to an aromatic ring is 1. The number of anilines is 3. The molecule has 4 aromatic carbocycles. The Morgan fingerprint density at radius 2 is 1.16 bits per heavy atom. The van der Waals surface area contributed by atoms with E-state index in [0.717, 1.165) is 40.8 Å². The van der Waals surface area contributed by atoms with Crippen LogP contribution < -0.4 is 22.2 Å². The molecule has 0 aliphatic heterocycles. The fourth-order valence-electron chi connectivity index (χ4n) is 5.42. The first kappa shape index (κ1) is 51.4. The lowest BCUT2D eigenvalue weighted by molar-refractivity contribution is -0.134. The Kier molecular flexibility index (Phi) is 18.3. The van der Waals surface area contributed by atoms with Crippen LogP contribution in [0.3, 0.4) is 0 Å². The number of para-hydroxylation sites is 2. The molecule has 19 heteroatoms. The molecule has 4 N–H and O–H groups in total. The normalized spacial score (nSPS) is 10.5. The monoisotopic (exact) mass is 950 g/mol. The summed E-state index contributed by atoms with van der Waals surface area (Å²) in [6, 6.07) is 26.6. The lowest BCUT2D eigenvalue weighted by Gasteiger charge is -2.10. The van der Waals surface area contributed by atoms with Gasteiger partial charge in [0.15, 0.2) is 16.4 Å². The number of sulfone groups is 1. The molecule has 0 radical (unpaired) electrons. The van der Waals surface area contributed by atoms with E-state index in [1.165, 1.54) is 51.2 Å². The van der Waals surface area contributed by atoms with Crippen LogP contribution in [0.4, 0.5) is 16.5 Å². The van der Waals surface area contributed by atoms with Crippen molar-refractivity contribution in [2.24, 2.45) is 0 Å². The van der Waals surface area contributed by atoms with Gasteiger partial charge < -0.3 is 16.2 Å². The van der Waals surface area contributed by atoms with Crippen LogP contribution in [0.2, 0.25) is 10.0 Å². The number of carbonyl (C=O) groups is 1. The van der Waals surface area contributed by atoms with Crippen molar-refractivity contribution in [2.45, 2.75) is 60.7 Å². The maximum atomic E-state index is 13.0. The fraction of sp³-hybridized carbons (Fsp3) is 0.205. The topological polar surface area (TPSA) is 205 Å². The zero-order chi connectivity index (χ0) is 44.6. The first-order valence-electron chi connectivity index (χ1n) is 18.3. The van der Waals surface area contributed by atoms with Crippen molar-refractivity contribution in [3.05, 3.63) is 151 Å². The zero-order valence-corrected chi connectivity index (χ0v) is 37.6. The fourth-order valence-corrected chi connectivity index (χ4v) is 9.18. The number of fused-ring (bicyclic) bond motifs is 2. The average molecular weight is 952 g/mol. The van der Waals surface area contributed by atoms with Gasteiger partial charge in [-0.2, -0.15) is 4.98 Å². The number of hydrogen-bond acceptors (Lipinski definition) is 13. The number of nitrogens with zero attached hydrogens (tertiary/aromatic N) is 6. The molecule has 0 fully saturated rings. The molecular formula is C44H48Cl2N8O6S3. The van der Waals surface area contributed by atoms with E-state index >= 15 is 0 Å². The summed E-state index contributed by atoms with van der Waals surface area (Å²) < 4.78 is 27.3. The van der Waals surface area contributed by atoms with Crippen molar-refractivity contribution in [2.75, 3.05) is 16.8 Å². The smallest absolute Gasteiger partial charge is 0.300 e. The van der Waals surface area contributed by atoms with Crippen molar-refractivity contribution in [1.82, 2.24) is 29.1 Å². The van der Waals surface area contributed by atoms with Gasteiger partial charge in [0.1, 0.15) is 22.1 Å². The Morgan fingerprint density at radius 1 is 0.730 bits per heavy atom. The van der Waals surface area contributed by atoms with Crippen LogP contribution in [0.1, 0.15) is 51.0 Å². The molecule has 8 aromatic rings. The summed E-state index contributed by atoms with van der Waals surface area (Å²) >= 11 is 14.6. The Hall–Kier alpha value is -5.98. The molecule has 63 heavy (non-hydrogen) atoms. The number of carboxylic acid groups (broad SMARTS) is 1. The van der Waals surface area contributed by atoms with Crippen LogP contribution in [0, 0.1) is 27.7 Å². The number of halogens is 2. The molecule has 14 nitrogen and oxygen atoms in total. The molecule has 4 heterocycles. The number of aliphatic carboxylic acids is 1. The molecular weight excluding hydrogens is 904 g/mol. The molecule has 8 rings (SSSR count). The van der Waals surface area contributed by atoms with E-state index in [2.05, 4.69) is 25.3 Å². The number of nitrogens with two attached hydrogens (primary N) is 1. The predicted octanol–water partition coefficient (Wildman–Crippen LogP) is 10.4. The van der Waals surface area contributed by atoms with Gasteiger partial charge in [-0.05, 0) is 75.2 Å². The number of hydrogen-bond donors (Lipinski definition) is 3. The number of rotatable bonds is 6. The van der Waals surface area contributed by atoms with Crippen molar-refractivity contribution < 1.29 is 18.3 Å². The van der Waals surface area contributed by atoms with E-state index in [1.807, 2.05) is 94.4 Å². The summed E-state index contributed by atoms with van der Waals surface area (Å²) in [5.74, 6) is -0.912. The lowest BCUT2D eigenvalue weighted by Crippen LogP contribution is -2.19. The highest BCUT2D eigenvalue weighted by Crippen LogP contribution is 2.28. The first-order chi connectivity index (χ1) is 28.9.